The number of primary amides is 1. The molecule has 27 heavy (non-hydrogen) atoms. The molecule has 0 aliphatic rings. The zero-order chi connectivity index (χ0) is 20.1. The van der Waals surface area contributed by atoms with E-state index >= 15 is 0 Å². The summed E-state index contributed by atoms with van der Waals surface area (Å²) in [5, 5.41) is 5.55. The number of thiophene rings is 1. The molecule has 0 fully saturated rings. The van der Waals surface area contributed by atoms with Crippen LogP contribution in [0.2, 0.25) is 0 Å². The minimum atomic E-state index is -0.565. The Morgan fingerprint density at radius 3 is 2.33 bits per heavy atom. The normalized spacial score (nSPS) is 11.7. The lowest BCUT2D eigenvalue weighted by Gasteiger charge is -2.12. The third kappa shape index (κ3) is 5.58. The van der Waals surface area contributed by atoms with Crippen molar-refractivity contribution in [3.8, 4) is 0 Å². The Hall–Kier alpha value is -2.32. The summed E-state index contributed by atoms with van der Waals surface area (Å²) in [6.07, 6.45) is 0. The van der Waals surface area contributed by atoms with Gasteiger partial charge in [0.1, 0.15) is 5.00 Å². The van der Waals surface area contributed by atoms with E-state index in [-0.39, 0.29) is 17.6 Å². The van der Waals surface area contributed by atoms with E-state index in [0.717, 1.165) is 21.7 Å². The number of amides is 3. The number of anilines is 2. The summed E-state index contributed by atoms with van der Waals surface area (Å²) in [4.78, 5) is 37.0. The van der Waals surface area contributed by atoms with Crippen molar-refractivity contribution in [2.24, 2.45) is 5.73 Å². The lowest BCUT2D eigenvalue weighted by Crippen LogP contribution is -2.26. The van der Waals surface area contributed by atoms with Crippen LogP contribution >= 0.6 is 23.1 Å². The molecule has 0 aliphatic carbocycles. The van der Waals surface area contributed by atoms with Crippen molar-refractivity contribution in [3.05, 3.63) is 45.8 Å². The Morgan fingerprint density at radius 1 is 1.11 bits per heavy atom. The topological polar surface area (TPSA) is 101 Å². The SMILES string of the molecule is Cc1ccc(NC(=O)CSC(C)C(=O)Nc2sc(C)c(C)c2C(N)=O)cc1. The second-order valence-electron chi connectivity index (χ2n) is 6.21. The van der Waals surface area contributed by atoms with E-state index in [9.17, 15) is 14.4 Å². The van der Waals surface area contributed by atoms with Crippen molar-refractivity contribution in [1.82, 2.24) is 0 Å². The van der Waals surface area contributed by atoms with Gasteiger partial charge in [0, 0.05) is 10.6 Å². The molecule has 1 aromatic carbocycles. The summed E-state index contributed by atoms with van der Waals surface area (Å²) in [7, 11) is 0. The molecule has 6 nitrogen and oxygen atoms in total. The number of rotatable bonds is 7. The Morgan fingerprint density at radius 2 is 1.74 bits per heavy atom. The molecule has 0 aliphatic heterocycles. The van der Waals surface area contributed by atoms with E-state index in [1.165, 1.54) is 23.1 Å². The van der Waals surface area contributed by atoms with Gasteiger partial charge in [0.15, 0.2) is 0 Å². The molecule has 0 saturated heterocycles. The van der Waals surface area contributed by atoms with E-state index in [2.05, 4.69) is 10.6 Å². The van der Waals surface area contributed by atoms with Crippen LogP contribution in [0.15, 0.2) is 24.3 Å². The van der Waals surface area contributed by atoms with Gasteiger partial charge in [-0.05, 0) is 45.4 Å². The highest BCUT2D eigenvalue weighted by Gasteiger charge is 2.22. The third-order valence-electron chi connectivity index (χ3n) is 4.04. The first-order valence-electron chi connectivity index (χ1n) is 8.37. The molecular weight excluding hydrogens is 382 g/mol. The minimum absolute atomic E-state index is 0.146. The lowest BCUT2D eigenvalue weighted by molar-refractivity contribution is -0.115. The molecule has 2 rings (SSSR count). The van der Waals surface area contributed by atoms with Crippen LogP contribution in [0.25, 0.3) is 0 Å². The first kappa shape index (κ1) is 21.0. The van der Waals surface area contributed by atoms with Gasteiger partial charge < -0.3 is 16.4 Å². The van der Waals surface area contributed by atoms with Crippen molar-refractivity contribution in [1.29, 1.82) is 0 Å². The number of benzene rings is 1. The molecule has 0 radical (unpaired) electrons. The van der Waals surface area contributed by atoms with E-state index in [4.69, 9.17) is 5.73 Å². The summed E-state index contributed by atoms with van der Waals surface area (Å²) in [6.45, 7) is 7.36. The number of thioether (sulfide) groups is 1. The second-order valence-corrected chi connectivity index (χ2v) is 8.76. The fourth-order valence-electron chi connectivity index (χ4n) is 2.34. The molecule has 1 heterocycles. The average Bonchev–Trinajstić information content (AvgIpc) is 2.88. The largest absolute Gasteiger partial charge is 0.365 e. The maximum atomic E-state index is 12.4. The number of carbonyl (C=O) groups is 3. The number of hydrogen-bond acceptors (Lipinski definition) is 5. The maximum absolute atomic E-state index is 12.4. The van der Waals surface area contributed by atoms with Crippen LogP contribution in [-0.2, 0) is 9.59 Å². The maximum Gasteiger partial charge on any atom is 0.251 e. The quantitative estimate of drug-likeness (QED) is 0.656. The number of aryl methyl sites for hydroxylation is 2. The summed E-state index contributed by atoms with van der Waals surface area (Å²) < 4.78 is 0. The van der Waals surface area contributed by atoms with Crippen molar-refractivity contribution in [3.63, 3.8) is 0 Å². The molecule has 1 atom stereocenters. The first-order chi connectivity index (χ1) is 12.7. The number of carbonyl (C=O) groups excluding carboxylic acids is 3. The van der Waals surface area contributed by atoms with Crippen LogP contribution < -0.4 is 16.4 Å². The Bertz CT molecular complexity index is 860. The van der Waals surface area contributed by atoms with Crippen LogP contribution in [0.1, 0.15) is 33.3 Å². The van der Waals surface area contributed by atoms with Gasteiger partial charge in [-0.25, -0.2) is 0 Å². The van der Waals surface area contributed by atoms with E-state index in [0.29, 0.717) is 10.6 Å². The molecule has 1 unspecified atom stereocenters. The average molecular weight is 406 g/mol. The highest BCUT2D eigenvalue weighted by molar-refractivity contribution is 8.01. The van der Waals surface area contributed by atoms with Gasteiger partial charge in [0.05, 0.1) is 16.6 Å². The Kier molecular flexibility index (Phi) is 7.04. The molecule has 3 amide bonds. The lowest BCUT2D eigenvalue weighted by atomic mass is 10.1. The minimum Gasteiger partial charge on any atom is -0.365 e. The molecule has 8 heteroatoms. The van der Waals surface area contributed by atoms with Gasteiger partial charge in [-0.3, -0.25) is 14.4 Å². The summed E-state index contributed by atoms with van der Waals surface area (Å²) >= 11 is 2.54. The molecule has 0 bridgehead atoms. The standard InChI is InChI=1S/C19H23N3O3S2/c1-10-5-7-14(8-6-10)21-15(23)9-26-13(4)18(25)22-19-16(17(20)24)11(2)12(3)27-19/h5-8,13H,9H2,1-4H3,(H2,20,24)(H,21,23)(H,22,25). The highest BCUT2D eigenvalue weighted by Crippen LogP contribution is 2.32. The number of nitrogens with one attached hydrogen (secondary N) is 2. The predicted octanol–water partition coefficient (Wildman–Crippen LogP) is 3.47. The zero-order valence-electron chi connectivity index (χ0n) is 15.7. The van der Waals surface area contributed by atoms with Crippen LogP contribution in [0.5, 0.6) is 0 Å². The van der Waals surface area contributed by atoms with Crippen molar-refractivity contribution in [2.75, 3.05) is 16.4 Å². The zero-order valence-corrected chi connectivity index (χ0v) is 17.3. The van der Waals surface area contributed by atoms with Crippen LogP contribution in [0, 0.1) is 20.8 Å². The molecule has 2 aromatic rings. The van der Waals surface area contributed by atoms with Gasteiger partial charge in [-0.1, -0.05) is 17.7 Å². The molecule has 1 aromatic heterocycles. The van der Waals surface area contributed by atoms with E-state index in [1.54, 1.807) is 13.8 Å². The number of nitrogens with two attached hydrogens (primary N) is 1. The van der Waals surface area contributed by atoms with Gasteiger partial charge >= 0.3 is 0 Å². The fraction of sp³-hybridized carbons (Fsp3) is 0.316. The van der Waals surface area contributed by atoms with E-state index < -0.39 is 11.2 Å². The van der Waals surface area contributed by atoms with Crippen LogP contribution in [0.4, 0.5) is 10.7 Å². The van der Waals surface area contributed by atoms with Gasteiger partial charge in [-0.15, -0.1) is 23.1 Å². The van der Waals surface area contributed by atoms with E-state index in [1.807, 2.05) is 38.1 Å². The van der Waals surface area contributed by atoms with Crippen molar-refractivity contribution in [2.45, 2.75) is 32.9 Å². The summed E-state index contributed by atoms with van der Waals surface area (Å²) in [5.74, 6) is -0.867. The Balaban J connectivity index is 1.90. The van der Waals surface area contributed by atoms with Gasteiger partial charge in [0.2, 0.25) is 11.8 Å². The van der Waals surface area contributed by atoms with Gasteiger partial charge in [0.25, 0.3) is 5.91 Å². The molecule has 144 valence electrons. The highest BCUT2D eigenvalue weighted by atomic mass is 32.2. The third-order valence-corrected chi connectivity index (χ3v) is 6.30. The van der Waals surface area contributed by atoms with Gasteiger partial charge in [-0.2, -0.15) is 0 Å². The smallest absolute Gasteiger partial charge is 0.251 e. The molecule has 0 saturated carbocycles. The number of hydrogen-bond donors (Lipinski definition) is 3. The van der Waals surface area contributed by atoms with Crippen molar-refractivity contribution >= 4 is 51.5 Å². The fourth-order valence-corrected chi connectivity index (χ4v) is 4.09. The van der Waals surface area contributed by atoms with Crippen LogP contribution in [-0.4, -0.2) is 28.7 Å². The molecule has 0 spiro atoms. The monoisotopic (exact) mass is 405 g/mol. The van der Waals surface area contributed by atoms with Crippen molar-refractivity contribution < 1.29 is 14.4 Å². The molecule has 4 N–H and O–H groups in total. The first-order valence-corrected chi connectivity index (χ1v) is 10.2. The second kappa shape index (κ2) is 9.05. The molecular formula is C19H23N3O3S2. The Labute approximate surface area is 166 Å². The summed E-state index contributed by atoms with van der Waals surface area (Å²) in [5.41, 5.74) is 8.38. The van der Waals surface area contributed by atoms with Crippen LogP contribution in [0.3, 0.4) is 0 Å². The predicted molar refractivity (Wildman–Crippen MR) is 113 cm³/mol. The summed E-state index contributed by atoms with van der Waals surface area (Å²) in [6, 6.07) is 7.50.